The van der Waals surface area contributed by atoms with E-state index in [1.807, 2.05) is 31.2 Å². The fraction of sp³-hybridized carbons (Fsp3) is 0.524. The zero-order valence-corrected chi connectivity index (χ0v) is 17.4. The molecule has 3 rings (SSSR count). The molecule has 0 spiro atoms. The smallest absolute Gasteiger partial charge is 0.268 e. The summed E-state index contributed by atoms with van der Waals surface area (Å²) >= 11 is 1.44. The van der Waals surface area contributed by atoms with Crippen molar-refractivity contribution in [2.75, 3.05) is 51.8 Å². The van der Waals surface area contributed by atoms with Gasteiger partial charge in [-0.1, -0.05) is 26.0 Å². The standard InChI is InChI=1S/C21H28N2O4S/c1-3-13-27-17-7-5-16(6-8-17)18-19(28-4-2)21(25)23(20(18)24)10-9-22-11-14-26-15-12-22/h5-8H,3-4,9-15H2,1-2H3. The SMILES string of the molecule is CCCOc1ccc(C2=C(SCC)C(=O)N(CCN3CCOCC3)C2=O)cc1. The highest BCUT2D eigenvalue weighted by Gasteiger charge is 2.38. The van der Waals surface area contributed by atoms with Crippen LogP contribution in [-0.4, -0.2) is 73.4 Å². The zero-order valence-electron chi connectivity index (χ0n) is 16.6. The Morgan fingerprint density at radius 1 is 1.04 bits per heavy atom. The molecule has 1 aromatic rings. The Balaban J connectivity index is 1.75. The number of hydrogen-bond acceptors (Lipinski definition) is 6. The zero-order chi connectivity index (χ0) is 19.9. The second-order valence-electron chi connectivity index (χ2n) is 6.73. The molecule has 0 saturated carbocycles. The summed E-state index contributed by atoms with van der Waals surface area (Å²) in [6.45, 7) is 8.88. The Morgan fingerprint density at radius 3 is 2.39 bits per heavy atom. The van der Waals surface area contributed by atoms with Crippen LogP contribution in [0.1, 0.15) is 25.8 Å². The van der Waals surface area contributed by atoms with Crippen LogP contribution in [0.5, 0.6) is 5.75 Å². The van der Waals surface area contributed by atoms with E-state index in [2.05, 4.69) is 11.8 Å². The Hall–Kier alpha value is -1.83. The lowest BCUT2D eigenvalue weighted by Gasteiger charge is -2.28. The molecule has 2 aliphatic rings. The van der Waals surface area contributed by atoms with Gasteiger partial charge in [0, 0.05) is 26.2 Å². The first-order chi connectivity index (χ1) is 13.7. The third kappa shape index (κ3) is 4.77. The summed E-state index contributed by atoms with van der Waals surface area (Å²) in [5, 5.41) is 0. The number of morpholine rings is 1. The van der Waals surface area contributed by atoms with Crippen molar-refractivity contribution < 1.29 is 19.1 Å². The lowest BCUT2D eigenvalue weighted by atomic mass is 10.1. The van der Waals surface area contributed by atoms with E-state index in [4.69, 9.17) is 9.47 Å². The number of carbonyl (C=O) groups excluding carboxylic acids is 2. The minimum Gasteiger partial charge on any atom is -0.494 e. The number of benzene rings is 1. The van der Waals surface area contributed by atoms with Gasteiger partial charge in [0.15, 0.2) is 0 Å². The third-order valence-corrected chi connectivity index (χ3v) is 5.73. The fourth-order valence-electron chi connectivity index (χ4n) is 3.29. The Morgan fingerprint density at radius 2 is 1.75 bits per heavy atom. The van der Waals surface area contributed by atoms with Crippen LogP contribution >= 0.6 is 11.8 Å². The largest absolute Gasteiger partial charge is 0.494 e. The lowest BCUT2D eigenvalue weighted by Crippen LogP contribution is -2.43. The number of thioether (sulfide) groups is 1. The predicted octanol–water partition coefficient (Wildman–Crippen LogP) is 2.64. The number of ether oxygens (including phenoxy) is 2. The van der Waals surface area contributed by atoms with Crippen molar-refractivity contribution in [1.29, 1.82) is 0 Å². The van der Waals surface area contributed by atoms with Crippen molar-refractivity contribution in [2.24, 2.45) is 0 Å². The highest BCUT2D eigenvalue weighted by molar-refractivity contribution is 8.04. The van der Waals surface area contributed by atoms with E-state index < -0.39 is 0 Å². The summed E-state index contributed by atoms with van der Waals surface area (Å²) in [6.07, 6.45) is 0.940. The van der Waals surface area contributed by atoms with Gasteiger partial charge >= 0.3 is 0 Å². The third-order valence-electron chi connectivity index (χ3n) is 4.77. The van der Waals surface area contributed by atoms with E-state index in [-0.39, 0.29) is 11.8 Å². The summed E-state index contributed by atoms with van der Waals surface area (Å²) < 4.78 is 11.0. The number of hydrogen-bond donors (Lipinski definition) is 0. The fourth-order valence-corrected chi connectivity index (χ4v) is 4.17. The summed E-state index contributed by atoms with van der Waals surface area (Å²) in [5.74, 6) is 1.15. The topological polar surface area (TPSA) is 59.1 Å². The van der Waals surface area contributed by atoms with Gasteiger partial charge in [-0.3, -0.25) is 19.4 Å². The summed E-state index contributed by atoms with van der Waals surface area (Å²) in [7, 11) is 0. The maximum absolute atomic E-state index is 13.1. The van der Waals surface area contributed by atoms with Gasteiger partial charge in [0.1, 0.15) is 5.75 Å². The molecule has 0 aliphatic carbocycles. The van der Waals surface area contributed by atoms with Crippen molar-refractivity contribution in [2.45, 2.75) is 20.3 Å². The number of rotatable bonds is 9. The molecular weight excluding hydrogens is 376 g/mol. The molecule has 1 aromatic carbocycles. The normalized spacial score (nSPS) is 18.3. The van der Waals surface area contributed by atoms with E-state index in [1.54, 1.807) is 0 Å². The molecule has 7 heteroatoms. The van der Waals surface area contributed by atoms with E-state index >= 15 is 0 Å². The molecule has 0 radical (unpaired) electrons. The molecule has 0 atom stereocenters. The molecule has 2 amide bonds. The van der Waals surface area contributed by atoms with Gasteiger partial charge in [0.25, 0.3) is 11.8 Å². The first kappa shape index (κ1) is 20.9. The number of carbonyl (C=O) groups is 2. The van der Waals surface area contributed by atoms with E-state index in [9.17, 15) is 9.59 Å². The molecular formula is C21H28N2O4S. The van der Waals surface area contributed by atoms with Crippen LogP contribution in [0.2, 0.25) is 0 Å². The van der Waals surface area contributed by atoms with Gasteiger partial charge in [-0.25, -0.2) is 0 Å². The highest BCUT2D eigenvalue weighted by Crippen LogP contribution is 2.36. The Kier molecular flexibility index (Phi) is 7.53. The van der Waals surface area contributed by atoms with Crippen LogP contribution in [0.15, 0.2) is 29.2 Å². The van der Waals surface area contributed by atoms with Gasteiger partial charge < -0.3 is 9.47 Å². The van der Waals surface area contributed by atoms with Gasteiger partial charge in [0.2, 0.25) is 0 Å². The minimum atomic E-state index is -0.198. The van der Waals surface area contributed by atoms with Crippen molar-refractivity contribution in [3.05, 3.63) is 34.7 Å². The van der Waals surface area contributed by atoms with Crippen molar-refractivity contribution >= 4 is 29.1 Å². The first-order valence-corrected chi connectivity index (χ1v) is 10.9. The van der Waals surface area contributed by atoms with Gasteiger partial charge in [-0.2, -0.15) is 0 Å². The molecule has 28 heavy (non-hydrogen) atoms. The highest BCUT2D eigenvalue weighted by atomic mass is 32.2. The van der Waals surface area contributed by atoms with Gasteiger partial charge in [-0.15, -0.1) is 11.8 Å². The monoisotopic (exact) mass is 404 g/mol. The average Bonchev–Trinajstić information content (AvgIpc) is 2.96. The summed E-state index contributed by atoms with van der Waals surface area (Å²) in [5.41, 5.74) is 1.29. The molecule has 0 bridgehead atoms. The number of nitrogens with zero attached hydrogens (tertiary/aromatic N) is 2. The van der Waals surface area contributed by atoms with Crippen molar-refractivity contribution in [1.82, 2.24) is 9.80 Å². The van der Waals surface area contributed by atoms with Crippen LogP contribution in [0.3, 0.4) is 0 Å². The van der Waals surface area contributed by atoms with Crippen LogP contribution in [-0.2, 0) is 14.3 Å². The second-order valence-corrected chi connectivity index (χ2v) is 8.00. The van der Waals surface area contributed by atoms with Crippen molar-refractivity contribution in [3.63, 3.8) is 0 Å². The maximum atomic E-state index is 13.1. The molecule has 2 heterocycles. The molecule has 152 valence electrons. The predicted molar refractivity (Wildman–Crippen MR) is 111 cm³/mol. The van der Waals surface area contributed by atoms with Crippen molar-refractivity contribution in [3.8, 4) is 5.75 Å². The summed E-state index contributed by atoms with van der Waals surface area (Å²) in [4.78, 5) is 30.2. The van der Waals surface area contributed by atoms with Gasteiger partial charge in [0.05, 0.1) is 30.3 Å². The molecule has 0 N–H and O–H groups in total. The number of amides is 2. The Bertz CT molecular complexity index is 726. The molecule has 2 aliphatic heterocycles. The van der Waals surface area contributed by atoms with Crippen LogP contribution < -0.4 is 4.74 Å². The van der Waals surface area contributed by atoms with Crippen LogP contribution in [0, 0.1) is 0 Å². The molecule has 1 saturated heterocycles. The second kappa shape index (κ2) is 10.1. The lowest BCUT2D eigenvalue weighted by molar-refractivity contribution is -0.136. The molecule has 0 unspecified atom stereocenters. The quantitative estimate of drug-likeness (QED) is 0.590. The Labute approximate surface area is 170 Å². The van der Waals surface area contributed by atoms with E-state index in [1.165, 1.54) is 16.7 Å². The summed E-state index contributed by atoms with van der Waals surface area (Å²) in [6, 6.07) is 7.46. The molecule has 0 aromatic heterocycles. The van der Waals surface area contributed by atoms with E-state index in [0.29, 0.717) is 43.4 Å². The van der Waals surface area contributed by atoms with Crippen LogP contribution in [0.4, 0.5) is 0 Å². The minimum absolute atomic E-state index is 0.175. The first-order valence-electron chi connectivity index (χ1n) is 9.92. The van der Waals surface area contributed by atoms with Gasteiger partial charge in [-0.05, 0) is 29.9 Å². The average molecular weight is 405 g/mol. The van der Waals surface area contributed by atoms with E-state index in [0.717, 1.165) is 36.6 Å². The molecule has 1 fully saturated rings. The maximum Gasteiger partial charge on any atom is 0.268 e. The molecule has 6 nitrogen and oxygen atoms in total. The number of imide groups is 1. The van der Waals surface area contributed by atoms with Crippen LogP contribution in [0.25, 0.3) is 5.57 Å².